The molecule has 0 aliphatic carbocycles. The summed E-state index contributed by atoms with van der Waals surface area (Å²) in [6, 6.07) is 3.38. The Kier molecular flexibility index (Phi) is 4.69. The van der Waals surface area contributed by atoms with E-state index in [4.69, 9.17) is 9.52 Å². The van der Waals surface area contributed by atoms with Crippen molar-refractivity contribution in [2.24, 2.45) is 0 Å². The van der Waals surface area contributed by atoms with Crippen LogP contribution in [0.15, 0.2) is 22.7 Å². The third kappa shape index (κ3) is 3.91. The molecule has 0 bridgehead atoms. The maximum atomic E-state index is 12.1. The van der Waals surface area contributed by atoms with Crippen LogP contribution in [0.2, 0.25) is 0 Å². The van der Waals surface area contributed by atoms with Gasteiger partial charge in [-0.25, -0.2) is 9.97 Å². The van der Waals surface area contributed by atoms with E-state index in [2.05, 4.69) is 27.1 Å². The number of aliphatic hydroxyl groups is 1. The standard InChI is InChI=1S/C15H15N3O3/c1-10-14(21-11(2)17-10)15(20)18-13-9-12(6-7-16-13)5-3-4-8-19/h6-7,9,19H,4,8H2,1-2H3,(H,16,18,20). The molecule has 2 N–H and O–H groups in total. The molecule has 0 saturated carbocycles. The second-order valence-electron chi connectivity index (χ2n) is 4.31. The Morgan fingerprint density at radius 2 is 2.29 bits per heavy atom. The fourth-order valence-corrected chi connectivity index (χ4v) is 1.71. The van der Waals surface area contributed by atoms with Crippen LogP contribution in [0.5, 0.6) is 0 Å². The molecule has 1 amide bonds. The van der Waals surface area contributed by atoms with Crippen molar-refractivity contribution in [3.63, 3.8) is 0 Å². The quantitative estimate of drug-likeness (QED) is 0.837. The van der Waals surface area contributed by atoms with Gasteiger partial charge in [0, 0.05) is 25.1 Å². The smallest absolute Gasteiger partial charge is 0.294 e. The number of hydrogen-bond donors (Lipinski definition) is 2. The molecule has 6 nitrogen and oxygen atoms in total. The highest BCUT2D eigenvalue weighted by atomic mass is 16.4. The van der Waals surface area contributed by atoms with Crippen molar-refractivity contribution in [2.45, 2.75) is 20.3 Å². The Morgan fingerprint density at radius 3 is 2.95 bits per heavy atom. The van der Waals surface area contributed by atoms with E-state index in [0.29, 0.717) is 29.4 Å². The largest absolute Gasteiger partial charge is 0.436 e. The number of hydrogen-bond acceptors (Lipinski definition) is 5. The van der Waals surface area contributed by atoms with Gasteiger partial charge in [-0.1, -0.05) is 11.8 Å². The summed E-state index contributed by atoms with van der Waals surface area (Å²) in [6.45, 7) is 3.40. The highest BCUT2D eigenvalue weighted by Crippen LogP contribution is 2.12. The monoisotopic (exact) mass is 285 g/mol. The molecule has 21 heavy (non-hydrogen) atoms. The summed E-state index contributed by atoms with van der Waals surface area (Å²) in [6.07, 6.45) is 1.96. The maximum absolute atomic E-state index is 12.1. The number of carbonyl (C=O) groups excluding carboxylic acids is 1. The molecule has 0 atom stereocenters. The van der Waals surface area contributed by atoms with E-state index in [1.807, 2.05) is 0 Å². The Morgan fingerprint density at radius 1 is 1.48 bits per heavy atom. The molecular formula is C15H15N3O3. The van der Waals surface area contributed by atoms with E-state index in [-0.39, 0.29) is 12.4 Å². The van der Waals surface area contributed by atoms with Crippen molar-refractivity contribution in [2.75, 3.05) is 11.9 Å². The number of aryl methyl sites for hydroxylation is 2. The fraction of sp³-hybridized carbons (Fsp3) is 0.267. The van der Waals surface area contributed by atoms with E-state index < -0.39 is 5.91 Å². The van der Waals surface area contributed by atoms with Crippen LogP contribution >= 0.6 is 0 Å². The minimum Gasteiger partial charge on any atom is -0.436 e. The molecule has 2 aromatic rings. The lowest BCUT2D eigenvalue weighted by Gasteiger charge is -2.02. The molecule has 108 valence electrons. The van der Waals surface area contributed by atoms with Crippen LogP contribution < -0.4 is 5.32 Å². The first-order valence-corrected chi connectivity index (χ1v) is 6.41. The number of anilines is 1. The van der Waals surface area contributed by atoms with Crippen LogP contribution in [-0.2, 0) is 0 Å². The topological polar surface area (TPSA) is 88.2 Å². The summed E-state index contributed by atoms with van der Waals surface area (Å²) in [5.74, 6) is 6.27. The predicted molar refractivity (Wildman–Crippen MR) is 76.7 cm³/mol. The zero-order valence-electron chi connectivity index (χ0n) is 11.8. The summed E-state index contributed by atoms with van der Waals surface area (Å²) in [5.41, 5.74) is 1.24. The number of amides is 1. The van der Waals surface area contributed by atoms with Gasteiger partial charge in [-0.15, -0.1) is 0 Å². The molecule has 0 saturated heterocycles. The Labute approximate surface area is 122 Å². The first-order valence-electron chi connectivity index (χ1n) is 6.41. The first kappa shape index (κ1) is 14.8. The van der Waals surface area contributed by atoms with Crippen molar-refractivity contribution in [1.29, 1.82) is 0 Å². The summed E-state index contributed by atoms with van der Waals surface area (Å²) < 4.78 is 5.25. The van der Waals surface area contributed by atoms with Crippen LogP contribution in [0, 0.1) is 25.7 Å². The number of aliphatic hydroxyl groups excluding tert-OH is 1. The highest BCUT2D eigenvalue weighted by Gasteiger charge is 2.16. The molecule has 0 aromatic carbocycles. The number of rotatable bonds is 3. The lowest BCUT2D eigenvalue weighted by molar-refractivity contribution is 0.0994. The van der Waals surface area contributed by atoms with Crippen molar-refractivity contribution in [1.82, 2.24) is 9.97 Å². The van der Waals surface area contributed by atoms with E-state index in [0.717, 1.165) is 0 Å². The third-order valence-corrected chi connectivity index (χ3v) is 2.58. The van der Waals surface area contributed by atoms with Crippen LogP contribution in [-0.4, -0.2) is 27.6 Å². The van der Waals surface area contributed by atoms with Crippen molar-refractivity contribution in [3.05, 3.63) is 41.2 Å². The van der Waals surface area contributed by atoms with E-state index >= 15 is 0 Å². The van der Waals surface area contributed by atoms with E-state index in [9.17, 15) is 4.79 Å². The van der Waals surface area contributed by atoms with E-state index in [1.54, 1.807) is 32.2 Å². The summed E-state index contributed by atoms with van der Waals surface area (Å²) in [7, 11) is 0. The molecule has 2 aromatic heterocycles. The number of aromatic nitrogens is 2. The number of nitrogens with one attached hydrogen (secondary N) is 1. The maximum Gasteiger partial charge on any atom is 0.294 e. The molecule has 2 heterocycles. The summed E-state index contributed by atoms with van der Waals surface area (Å²) in [4.78, 5) is 20.2. The van der Waals surface area contributed by atoms with Crippen molar-refractivity contribution >= 4 is 11.7 Å². The summed E-state index contributed by atoms with van der Waals surface area (Å²) in [5, 5.41) is 11.3. The first-order chi connectivity index (χ1) is 10.1. The fourth-order valence-electron chi connectivity index (χ4n) is 1.71. The number of oxazole rings is 1. The zero-order chi connectivity index (χ0) is 15.2. The molecule has 0 aliphatic rings. The van der Waals surface area contributed by atoms with Gasteiger partial charge in [0.1, 0.15) is 5.82 Å². The Bertz CT molecular complexity index is 710. The van der Waals surface area contributed by atoms with Crippen molar-refractivity contribution in [3.8, 4) is 11.8 Å². The Balaban J connectivity index is 2.13. The van der Waals surface area contributed by atoms with Crippen LogP contribution in [0.4, 0.5) is 5.82 Å². The Hall–Kier alpha value is -2.65. The molecule has 2 rings (SSSR count). The van der Waals surface area contributed by atoms with Crippen LogP contribution in [0.1, 0.15) is 34.1 Å². The molecule has 6 heteroatoms. The van der Waals surface area contributed by atoms with Gasteiger partial charge in [0.05, 0.1) is 12.3 Å². The van der Waals surface area contributed by atoms with Gasteiger partial charge in [0.2, 0.25) is 5.76 Å². The van der Waals surface area contributed by atoms with Gasteiger partial charge in [-0.2, -0.15) is 0 Å². The average Bonchev–Trinajstić information content (AvgIpc) is 2.78. The lowest BCUT2D eigenvalue weighted by atomic mass is 10.2. The summed E-state index contributed by atoms with van der Waals surface area (Å²) >= 11 is 0. The second-order valence-corrected chi connectivity index (χ2v) is 4.31. The number of pyridine rings is 1. The van der Waals surface area contributed by atoms with Crippen LogP contribution in [0.3, 0.4) is 0 Å². The highest BCUT2D eigenvalue weighted by molar-refractivity contribution is 6.02. The van der Waals surface area contributed by atoms with Crippen LogP contribution in [0.25, 0.3) is 0 Å². The second kappa shape index (κ2) is 6.68. The van der Waals surface area contributed by atoms with Gasteiger partial charge >= 0.3 is 0 Å². The lowest BCUT2D eigenvalue weighted by Crippen LogP contribution is -2.13. The minimum atomic E-state index is -0.402. The predicted octanol–water partition coefficient (Wildman–Crippen LogP) is 1.67. The van der Waals surface area contributed by atoms with E-state index in [1.165, 1.54) is 0 Å². The third-order valence-electron chi connectivity index (χ3n) is 2.58. The van der Waals surface area contributed by atoms with Gasteiger partial charge in [-0.3, -0.25) is 4.79 Å². The SMILES string of the molecule is Cc1nc(C)c(C(=O)Nc2cc(C#CCCO)ccn2)o1. The zero-order valence-corrected chi connectivity index (χ0v) is 11.8. The number of carbonyl (C=O) groups is 1. The number of nitrogens with zero attached hydrogens (tertiary/aromatic N) is 2. The van der Waals surface area contributed by atoms with Gasteiger partial charge in [0.15, 0.2) is 5.89 Å². The normalized spacial score (nSPS) is 9.86. The van der Waals surface area contributed by atoms with Gasteiger partial charge < -0.3 is 14.8 Å². The van der Waals surface area contributed by atoms with Crippen molar-refractivity contribution < 1.29 is 14.3 Å². The molecule has 0 fully saturated rings. The van der Waals surface area contributed by atoms with Gasteiger partial charge in [0.25, 0.3) is 5.91 Å². The molecule has 0 radical (unpaired) electrons. The average molecular weight is 285 g/mol. The molecule has 0 unspecified atom stereocenters. The molecule has 0 spiro atoms. The molecule has 0 aliphatic heterocycles. The minimum absolute atomic E-state index is 0.0196. The van der Waals surface area contributed by atoms with Gasteiger partial charge in [-0.05, 0) is 19.1 Å². The molecular weight excluding hydrogens is 270 g/mol.